The Morgan fingerprint density at radius 1 is 1.16 bits per heavy atom. The van der Waals surface area contributed by atoms with E-state index in [2.05, 4.69) is 12.0 Å². The highest BCUT2D eigenvalue weighted by Gasteiger charge is 2.45. The van der Waals surface area contributed by atoms with E-state index >= 15 is 8.78 Å². The molecule has 1 heterocycles. The summed E-state index contributed by atoms with van der Waals surface area (Å²) < 4.78 is 49.9. The fourth-order valence-corrected chi connectivity index (χ4v) is 3.90. The van der Waals surface area contributed by atoms with Crippen LogP contribution in [-0.2, 0) is 5.60 Å². The number of aliphatic hydroxyl groups is 1. The molecule has 4 N–H and O–H groups in total. The number of nitrogens with two attached hydrogens (primary N) is 1. The number of hydrogen-bond donors (Lipinski definition) is 3. The molecule has 9 heteroatoms. The van der Waals surface area contributed by atoms with Gasteiger partial charge in [0, 0.05) is 18.2 Å². The van der Waals surface area contributed by atoms with Crippen LogP contribution in [0.1, 0.15) is 45.2 Å². The van der Waals surface area contributed by atoms with Gasteiger partial charge in [-0.15, -0.1) is 0 Å². The van der Waals surface area contributed by atoms with E-state index in [9.17, 15) is 9.50 Å². The van der Waals surface area contributed by atoms with Gasteiger partial charge >= 0.3 is 0 Å². The summed E-state index contributed by atoms with van der Waals surface area (Å²) in [5, 5.41) is 12.5. The van der Waals surface area contributed by atoms with E-state index in [1.807, 2.05) is 13.8 Å². The van der Waals surface area contributed by atoms with E-state index in [0.29, 0.717) is 11.3 Å². The number of nitrogens with zero attached hydrogens (tertiary/aromatic N) is 1. The van der Waals surface area contributed by atoms with E-state index in [1.54, 1.807) is 23.4 Å². The van der Waals surface area contributed by atoms with E-state index in [1.165, 1.54) is 38.1 Å². The lowest BCUT2D eigenvalue weighted by Gasteiger charge is -2.36. The van der Waals surface area contributed by atoms with Gasteiger partial charge in [0.05, 0.1) is 23.5 Å². The molecular weight excluding hydrogens is 503 g/mol. The van der Waals surface area contributed by atoms with Gasteiger partial charge in [-0.05, 0) is 67.3 Å². The Labute approximate surface area is 221 Å². The third-order valence-electron chi connectivity index (χ3n) is 6.64. The molecule has 0 aromatic heterocycles. The highest BCUT2D eigenvalue weighted by atomic mass is 35.5. The Bertz CT molecular complexity index is 1190. The molecule has 0 bridgehead atoms. The van der Waals surface area contributed by atoms with Gasteiger partial charge in [0.1, 0.15) is 17.1 Å². The second-order valence-corrected chi connectivity index (χ2v) is 10.2. The van der Waals surface area contributed by atoms with Gasteiger partial charge in [0.15, 0.2) is 11.6 Å². The van der Waals surface area contributed by atoms with Crippen molar-refractivity contribution in [2.45, 2.75) is 51.6 Å². The van der Waals surface area contributed by atoms with Crippen LogP contribution in [0.15, 0.2) is 67.0 Å². The Kier molecular flexibility index (Phi) is 8.80. The lowest BCUT2D eigenvalue weighted by molar-refractivity contribution is -0.0955. The molecule has 37 heavy (non-hydrogen) atoms. The summed E-state index contributed by atoms with van der Waals surface area (Å²) in [5.41, 5.74) is 6.59. The smallest absolute Gasteiger partial charge is 0.174 e. The number of allylic oxidation sites excluding steroid dienone is 3. The molecule has 0 fully saturated rings. The molecule has 5 nitrogen and oxygen atoms in total. The summed E-state index contributed by atoms with van der Waals surface area (Å²) in [4.78, 5) is 0. The first-order valence-electron chi connectivity index (χ1n) is 11.9. The molecule has 0 spiro atoms. The molecule has 1 aliphatic rings. The standard InChI is InChI=1S/C28H33ClF3N3O2/c1-17(2)26(33)34-35-14-12-19(16-18(35)3)22-10-11-23(29)25(24(22)31)37-15-13-27(4,32)28(5,36)20-6-8-21(30)9-7-20/h6-12,14,16-17,26,34,36H,3,13,15,33H2,1-2,4-5H3. The first-order chi connectivity index (χ1) is 17.2. The highest BCUT2D eigenvalue weighted by Crippen LogP contribution is 2.40. The quantitative estimate of drug-likeness (QED) is 0.316. The minimum Gasteiger partial charge on any atom is -0.489 e. The topological polar surface area (TPSA) is 70.8 Å². The maximum Gasteiger partial charge on any atom is 0.174 e. The zero-order chi connectivity index (χ0) is 27.5. The van der Waals surface area contributed by atoms with Crippen LogP contribution in [-0.4, -0.2) is 28.6 Å². The Morgan fingerprint density at radius 2 is 1.81 bits per heavy atom. The van der Waals surface area contributed by atoms with Gasteiger partial charge in [-0.25, -0.2) is 18.6 Å². The highest BCUT2D eigenvalue weighted by molar-refractivity contribution is 6.32. The molecule has 200 valence electrons. The molecule has 3 rings (SSSR count). The monoisotopic (exact) mass is 535 g/mol. The van der Waals surface area contributed by atoms with Gasteiger partial charge in [-0.1, -0.05) is 44.2 Å². The van der Waals surface area contributed by atoms with Crippen LogP contribution in [0.25, 0.3) is 5.57 Å². The average Bonchev–Trinajstić information content (AvgIpc) is 2.82. The molecule has 0 aliphatic carbocycles. The molecule has 0 saturated carbocycles. The van der Waals surface area contributed by atoms with Gasteiger partial charge in [-0.2, -0.15) is 0 Å². The van der Waals surface area contributed by atoms with Crippen LogP contribution in [0.2, 0.25) is 5.02 Å². The molecule has 2 aromatic rings. The third-order valence-corrected chi connectivity index (χ3v) is 6.94. The van der Waals surface area contributed by atoms with Crippen LogP contribution >= 0.6 is 11.6 Å². The number of hydrogen-bond acceptors (Lipinski definition) is 5. The van der Waals surface area contributed by atoms with Crippen LogP contribution in [0.4, 0.5) is 13.2 Å². The predicted octanol–water partition coefficient (Wildman–Crippen LogP) is 6.19. The number of halogens is 4. The lowest BCUT2D eigenvalue weighted by atomic mass is 9.79. The van der Waals surface area contributed by atoms with Crippen molar-refractivity contribution in [1.29, 1.82) is 0 Å². The van der Waals surface area contributed by atoms with Crippen molar-refractivity contribution in [2.75, 3.05) is 6.61 Å². The van der Waals surface area contributed by atoms with Gasteiger partial charge in [0.2, 0.25) is 0 Å². The Balaban J connectivity index is 1.73. The second-order valence-electron chi connectivity index (χ2n) is 9.79. The van der Waals surface area contributed by atoms with Crippen molar-refractivity contribution in [3.8, 4) is 5.75 Å². The van der Waals surface area contributed by atoms with Gasteiger partial charge in [-0.3, -0.25) is 5.01 Å². The van der Waals surface area contributed by atoms with E-state index in [-0.39, 0.29) is 47.0 Å². The molecule has 0 radical (unpaired) electrons. The van der Waals surface area contributed by atoms with Crippen LogP contribution in [0.3, 0.4) is 0 Å². The summed E-state index contributed by atoms with van der Waals surface area (Å²) in [5.74, 6) is -1.24. The first kappa shape index (κ1) is 28.8. The maximum absolute atomic E-state index is 15.6. The molecule has 2 aromatic carbocycles. The minimum atomic E-state index is -2.18. The number of ether oxygens (including phenoxy) is 1. The lowest BCUT2D eigenvalue weighted by Crippen LogP contribution is -2.49. The van der Waals surface area contributed by atoms with Crippen molar-refractivity contribution < 1.29 is 23.0 Å². The third kappa shape index (κ3) is 6.38. The van der Waals surface area contributed by atoms with Crippen molar-refractivity contribution in [1.82, 2.24) is 10.4 Å². The van der Waals surface area contributed by atoms with E-state index in [4.69, 9.17) is 22.1 Å². The zero-order valence-electron chi connectivity index (χ0n) is 21.4. The number of alkyl halides is 1. The van der Waals surface area contributed by atoms with Crippen LogP contribution < -0.4 is 15.9 Å². The second kappa shape index (κ2) is 11.3. The normalized spacial score (nSPS) is 17.9. The van der Waals surface area contributed by atoms with Gasteiger partial charge < -0.3 is 15.6 Å². The minimum absolute atomic E-state index is 0.0255. The zero-order valence-corrected chi connectivity index (χ0v) is 22.1. The summed E-state index contributed by atoms with van der Waals surface area (Å²) in [6.07, 6.45) is 4.50. The van der Waals surface area contributed by atoms with Crippen LogP contribution in [0, 0.1) is 17.6 Å². The molecule has 3 unspecified atom stereocenters. The maximum atomic E-state index is 15.6. The average molecular weight is 536 g/mol. The fourth-order valence-electron chi connectivity index (χ4n) is 3.70. The summed E-state index contributed by atoms with van der Waals surface area (Å²) in [6, 6.07) is 7.95. The van der Waals surface area contributed by atoms with Gasteiger partial charge in [0.25, 0.3) is 0 Å². The van der Waals surface area contributed by atoms with Crippen molar-refractivity contribution in [2.24, 2.45) is 11.7 Å². The van der Waals surface area contributed by atoms with E-state index in [0.717, 1.165) is 12.1 Å². The van der Waals surface area contributed by atoms with Crippen molar-refractivity contribution >= 4 is 17.2 Å². The first-order valence-corrected chi connectivity index (χ1v) is 12.3. The Hall–Kier alpha value is -2.78. The summed E-state index contributed by atoms with van der Waals surface area (Å²) in [6.45, 7) is 10.2. The molecule has 0 saturated heterocycles. The molecule has 3 atom stereocenters. The molecule has 1 aliphatic heterocycles. The largest absolute Gasteiger partial charge is 0.489 e. The number of rotatable bonds is 10. The summed E-state index contributed by atoms with van der Waals surface area (Å²) in [7, 11) is 0. The van der Waals surface area contributed by atoms with E-state index < -0.39 is 22.9 Å². The number of nitrogens with one attached hydrogen (secondary N) is 1. The SMILES string of the molecule is C=C1C=C(c2ccc(Cl)c(OCCC(C)(F)C(C)(O)c3ccc(F)cc3)c2F)C=CN1NC(N)C(C)C. The number of benzene rings is 2. The molecule has 0 amide bonds. The van der Waals surface area contributed by atoms with Crippen molar-refractivity contribution in [3.05, 3.63) is 94.8 Å². The van der Waals surface area contributed by atoms with Crippen molar-refractivity contribution in [3.63, 3.8) is 0 Å². The molecular formula is C28H33ClF3N3O2. The number of hydrazine groups is 1. The Morgan fingerprint density at radius 3 is 2.41 bits per heavy atom. The fraction of sp³-hybridized carbons (Fsp3) is 0.357. The summed E-state index contributed by atoms with van der Waals surface area (Å²) >= 11 is 6.20. The predicted molar refractivity (Wildman–Crippen MR) is 141 cm³/mol. The van der Waals surface area contributed by atoms with Crippen LogP contribution in [0.5, 0.6) is 5.75 Å².